The van der Waals surface area contributed by atoms with Crippen molar-refractivity contribution >= 4 is 11.9 Å². The molecule has 2 fully saturated rings. The van der Waals surface area contributed by atoms with Crippen LogP contribution in [0.15, 0.2) is 23.5 Å². The third kappa shape index (κ3) is 6.92. The van der Waals surface area contributed by atoms with E-state index in [0.717, 1.165) is 12.7 Å². The zero-order chi connectivity index (χ0) is 28.2. The van der Waals surface area contributed by atoms with Gasteiger partial charge >= 0.3 is 11.9 Å². The summed E-state index contributed by atoms with van der Waals surface area (Å²) < 4.78 is 22.2. The Morgan fingerprint density at radius 2 is 1.89 bits per heavy atom. The second-order valence-electron chi connectivity index (χ2n) is 10.7. The first-order chi connectivity index (χ1) is 17.9. The molecule has 3 rings (SSSR count). The number of allylic oxidation sites excluding steroid dienone is 1. The summed E-state index contributed by atoms with van der Waals surface area (Å²) in [6.07, 6.45) is -3.40. The summed E-state index contributed by atoms with van der Waals surface area (Å²) in [6.45, 7) is 4.81. The van der Waals surface area contributed by atoms with E-state index in [1.165, 1.54) is 0 Å². The summed E-state index contributed by atoms with van der Waals surface area (Å²) >= 11 is 0. The van der Waals surface area contributed by atoms with Crippen LogP contribution in [-0.2, 0) is 28.5 Å². The van der Waals surface area contributed by atoms with Crippen LogP contribution >= 0.6 is 0 Å². The molecule has 1 aliphatic carbocycles. The number of carboxylic acids is 1. The normalized spacial score (nSPS) is 38.1. The van der Waals surface area contributed by atoms with Gasteiger partial charge in [-0.3, -0.25) is 0 Å². The van der Waals surface area contributed by atoms with Crippen LogP contribution in [0, 0.1) is 17.8 Å². The molecule has 10 atom stereocenters. The largest absolute Gasteiger partial charge is 0.478 e. The first-order valence-corrected chi connectivity index (χ1v) is 13.0. The predicted octanol–water partition coefficient (Wildman–Crippen LogP) is 0.201. The van der Waals surface area contributed by atoms with Crippen LogP contribution < -0.4 is 0 Å². The van der Waals surface area contributed by atoms with Crippen molar-refractivity contribution in [2.75, 3.05) is 13.2 Å². The maximum Gasteiger partial charge on any atom is 0.334 e. The molecule has 0 bridgehead atoms. The van der Waals surface area contributed by atoms with E-state index < -0.39 is 73.0 Å². The Kier molecular flexibility index (Phi) is 10.3. The number of ether oxygens (including phenoxy) is 4. The lowest BCUT2D eigenvalue weighted by molar-refractivity contribution is -0.346. The molecule has 0 spiro atoms. The van der Waals surface area contributed by atoms with Crippen LogP contribution in [0.1, 0.15) is 52.9 Å². The molecule has 3 aliphatic rings. The monoisotopic (exact) mass is 544 g/mol. The second-order valence-corrected chi connectivity index (χ2v) is 10.7. The zero-order valence-corrected chi connectivity index (χ0v) is 21.9. The fourth-order valence-electron chi connectivity index (χ4n) is 5.30. The summed E-state index contributed by atoms with van der Waals surface area (Å²) in [5, 5.41) is 60.6. The Hall–Kier alpha value is -2.06. The number of carbonyl (C=O) groups is 2. The smallest absolute Gasteiger partial charge is 0.334 e. The van der Waals surface area contributed by atoms with Crippen molar-refractivity contribution in [2.24, 2.45) is 17.8 Å². The lowest BCUT2D eigenvalue weighted by Crippen LogP contribution is -2.61. The Balaban J connectivity index is 1.63. The lowest BCUT2D eigenvalue weighted by Gasteiger charge is -2.44. The van der Waals surface area contributed by atoms with Gasteiger partial charge in [-0.1, -0.05) is 13.0 Å². The minimum Gasteiger partial charge on any atom is -0.478 e. The van der Waals surface area contributed by atoms with Crippen molar-refractivity contribution in [3.63, 3.8) is 0 Å². The molecular formula is C26H40O12. The molecule has 6 N–H and O–H groups in total. The molecule has 2 heterocycles. The Bertz CT molecular complexity index is 899. The summed E-state index contributed by atoms with van der Waals surface area (Å²) in [4.78, 5) is 24.0. The number of fused-ring (bicyclic) bond motifs is 1. The summed E-state index contributed by atoms with van der Waals surface area (Å²) in [5.74, 6) is -2.86. The number of hydrogen-bond donors (Lipinski definition) is 6. The second kappa shape index (κ2) is 12.9. The molecule has 0 aromatic heterocycles. The fraction of sp³-hybridized carbons (Fsp3) is 0.769. The van der Waals surface area contributed by atoms with Crippen LogP contribution in [-0.4, -0.2) is 98.4 Å². The van der Waals surface area contributed by atoms with Crippen molar-refractivity contribution < 1.29 is 59.2 Å². The van der Waals surface area contributed by atoms with Crippen LogP contribution in [0.3, 0.4) is 0 Å². The number of esters is 1. The molecule has 0 amide bonds. The van der Waals surface area contributed by atoms with Gasteiger partial charge in [0, 0.05) is 18.1 Å². The lowest BCUT2D eigenvalue weighted by atomic mass is 9.81. The van der Waals surface area contributed by atoms with E-state index >= 15 is 0 Å². The molecule has 0 unspecified atom stereocenters. The van der Waals surface area contributed by atoms with Gasteiger partial charge in [0.05, 0.1) is 23.4 Å². The predicted molar refractivity (Wildman–Crippen MR) is 130 cm³/mol. The van der Waals surface area contributed by atoms with E-state index in [4.69, 9.17) is 24.1 Å². The van der Waals surface area contributed by atoms with Gasteiger partial charge in [-0.15, -0.1) is 0 Å². The third-order valence-corrected chi connectivity index (χ3v) is 7.75. The van der Waals surface area contributed by atoms with Crippen molar-refractivity contribution in [1.82, 2.24) is 0 Å². The molecule has 1 saturated carbocycles. The first-order valence-electron chi connectivity index (χ1n) is 13.0. The standard InChI is InChI=1S/C26H40O12/c1-13(8-10-27)5-4-6-14(2)23(33)35-12-17-19(28)20(29)21(30)25(37-17)38-24-18-15(7-9-26(18,3)34)16(11-36-24)22(31)32/h6,11,13,15,17-21,24-25,27-30,34H,4-5,7-10,12H2,1-3H3,(H,31,32)/b14-6+/t13-,15+,17+,18+,19-,20-,21-,24-,25-,26-/m0/s1. The van der Waals surface area contributed by atoms with Crippen LogP contribution in [0.5, 0.6) is 0 Å². The molecule has 12 heteroatoms. The number of aliphatic carboxylic acids is 1. The van der Waals surface area contributed by atoms with Gasteiger partial charge in [0.1, 0.15) is 31.0 Å². The molecule has 38 heavy (non-hydrogen) atoms. The highest BCUT2D eigenvalue weighted by Crippen LogP contribution is 2.49. The molecule has 1 saturated heterocycles. The van der Waals surface area contributed by atoms with Crippen molar-refractivity contribution in [3.8, 4) is 0 Å². The van der Waals surface area contributed by atoms with Gasteiger partial charge < -0.3 is 49.6 Å². The fourth-order valence-corrected chi connectivity index (χ4v) is 5.30. The highest BCUT2D eigenvalue weighted by molar-refractivity contribution is 5.88. The van der Waals surface area contributed by atoms with E-state index in [1.807, 2.05) is 6.92 Å². The maximum atomic E-state index is 12.4. The minimum atomic E-state index is -1.70. The Morgan fingerprint density at radius 1 is 1.18 bits per heavy atom. The van der Waals surface area contributed by atoms with Crippen molar-refractivity contribution in [2.45, 2.75) is 95.5 Å². The summed E-state index contributed by atoms with van der Waals surface area (Å²) in [5.41, 5.74) is -0.966. The Labute approximate surface area is 221 Å². The number of carbonyl (C=O) groups excluding carboxylic acids is 1. The molecule has 0 aromatic carbocycles. The van der Waals surface area contributed by atoms with E-state index in [2.05, 4.69) is 0 Å². The van der Waals surface area contributed by atoms with Gasteiger partial charge in [0.25, 0.3) is 0 Å². The van der Waals surface area contributed by atoms with E-state index in [0.29, 0.717) is 37.2 Å². The van der Waals surface area contributed by atoms with Gasteiger partial charge in [-0.25, -0.2) is 9.59 Å². The van der Waals surface area contributed by atoms with E-state index in [9.17, 15) is 35.1 Å². The molecule has 12 nitrogen and oxygen atoms in total. The Morgan fingerprint density at radius 3 is 2.55 bits per heavy atom. The third-order valence-electron chi connectivity index (χ3n) is 7.75. The van der Waals surface area contributed by atoms with Crippen LogP contribution in [0.2, 0.25) is 0 Å². The SMILES string of the molecule is C/C(=C\CC[C@H](C)CCO)C(=O)OC[C@H]1O[C@@H](O[C@@H]2OC=C(C(=O)O)[C@H]3CC[C@](C)(O)[C@@H]23)[C@@H](O)[C@@H](O)[C@H]1O. The van der Waals surface area contributed by atoms with Gasteiger partial charge in [-0.05, 0) is 51.9 Å². The molecule has 0 radical (unpaired) electrons. The van der Waals surface area contributed by atoms with Crippen molar-refractivity contribution in [3.05, 3.63) is 23.5 Å². The van der Waals surface area contributed by atoms with Gasteiger partial charge in [0.2, 0.25) is 6.29 Å². The summed E-state index contributed by atoms with van der Waals surface area (Å²) in [6, 6.07) is 0. The number of aliphatic hydroxyl groups is 5. The van der Waals surface area contributed by atoms with E-state index in [1.54, 1.807) is 19.9 Å². The molecule has 0 aromatic rings. The van der Waals surface area contributed by atoms with Crippen molar-refractivity contribution in [1.29, 1.82) is 0 Å². The van der Waals surface area contributed by atoms with E-state index in [-0.39, 0.29) is 12.2 Å². The summed E-state index contributed by atoms with van der Waals surface area (Å²) in [7, 11) is 0. The topological polar surface area (TPSA) is 192 Å². The number of rotatable bonds is 11. The highest BCUT2D eigenvalue weighted by Gasteiger charge is 2.56. The maximum absolute atomic E-state index is 12.4. The zero-order valence-electron chi connectivity index (χ0n) is 21.9. The van der Waals surface area contributed by atoms with Crippen LogP contribution in [0.25, 0.3) is 0 Å². The average molecular weight is 545 g/mol. The average Bonchev–Trinajstić information content (AvgIpc) is 3.18. The molecule has 2 aliphatic heterocycles. The first kappa shape index (κ1) is 30.5. The van der Waals surface area contributed by atoms with Crippen LogP contribution in [0.4, 0.5) is 0 Å². The molecular weight excluding hydrogens is 504 g/mol. The number of aliphatic hydroxyl groups excluding tert-OH is 4. The minimum absolute atomic E-state index is 0.00395. The highest BCUT2D eigenvalue weighted by atomic mass is 16.8. The molecule has 216 valence electrons. The quantitative estimate of drug-likeness (QED) is 0.153. The van der Waals surface area contributed by atoms with Gasteiger partial charge in [0.15, 0.2) is 6.29 Å². The van der Waals surface area contributed by atoms with Gasteiger partial charge in [-0.2, -0.15) is 0 Å². The number of hydrogen-bond acceptors (Lipinski definition) is 11. The number of carboxylic acid groups (broad SMARTS) is 1.